The summed E-state index contributed by atoms with van der Waals surface area (Å²) in [4.78, 5) is 26.2. The van der Waals surface area contributed by atoms with E-state index in [9.17, 15) is 14.9 Å². The standard InChI is InChI=1S/C8H8ClN3O3/c1-11(2)8(13)5-3-6(12(14)15)7(9)10-4-5/h3-4H,1-2H3. The normalized spacial score (nSPS) is 9.80. The molecule has 1 heterocycles. The van der Waals surface area contributed by atoms with Gasteiger partial charge in [-0.25, -0.2) is 4.98 Å². The fourth-order valence-electron chi connectivity index (χ4n) is 0.940. The number of rotatable bonds is 2. The van der Waals surface area contributed by atoms with Gasteiger partial charge in [0, 0.05) is 26.4 Å². The highest BCUT2D eigenvalue weighted by Gasteiger charge is 2.18. The van der Waals surface area contributed by atoms with Crippen molar-refractivity contribution in [2.24, 2.45) is 0 Å². The third-order valence-corrected chi connectivity index (χ3v) is 1.96. The lowest BCUT2D eigenvalue weighted by Gasteiger charge is -2.09. The van der Waals surface area contributed by atoms with Gasteiger partial charge >= 0.3 is 5.69 Å². The van der Waals surface area contributed by atoms with E-state index in [1.807, 2.05) is 0 Å². The van der Waals surface area contributed by atoms with Crippen LogP contribution in [-0.4, -0.2) is 34.8 Å². The SMILES string of the molecule is CN(C)C(=O)c1cnc(Cl)c([N+](=O)[O-])c1. The predicted molar refractivity (Wildman–Crippen MR) is 53.9 cm³/mol. The fraction of sp³-hybridized carbons (Fsp3) is 0.250. The van der Waals surface area contributed by atoms with Crippen LogP contribution in [0, 0.1) is 10.1 Å². The summed E-state index contributed by atoms with van der Waals surface area (Å²) < 4.78 is 0. The van der Waals surface area contributed by atoms with E-state index >= 15 is 0 Å². The van der Waals surface area contributed by atoms with Gasteiger partial charge in [0.25, 0.3) is 5.91 Å². The molecule has 0 saturated heterocycles. The highest BCUT2D eigenvalue weighted by atomic mass is 35.5. The summed E-state index contributed by atoms with van der Waals surface area (Å²) in [5, 5.41) is 10.3. The van der Waals surface area contributed by atoms with E-state index in [1.54, 1.807) is 14.1 Å². The number of nitrogens with zero attached hydrogens (tertiary/aromatic N) is 3. The molecule has 0 radical (unpaired) electrons. The molecule has 0 N–H and O–H groups in total. The molecule has 0 atom stereocenters. The number of carbonyl (C=O) groups is 1. The average molecular weight is 230 g/mol. The second-order valence-corrected chi connectivity index (χ2v) is 3.35. The van der Waals surface area contributed by atoms with Crippen molar-refractivity contribution in [3.63, 3.8) is 0 Å². The van der Waals surface area contributed by atoms with Crippen LogP contribution >= 0.6 is 11.6 Å². The van der Waals surface area contributed by atoms with Gasteiger partial charge in [0.2, 0.25) is 5.15 Å². The van der Waals surface area contributed by atoms with Crippen LogP contribution in [0.25, 0.3) is 0 Å². The van der Waals surface area contributed by atoms with E-state index < -0.39 is 4.92 Å². The number of hydrogen-bond donors (Lipinski definition) is 0. The fourth-order valence-corrected chi connectivity index (χ4v) is 1.11. The maximum Gasteiger partial charge on any atom is 0.307 e. The van der Waals surface area contributed by atoms with Gasteiger partial charge in [-0.15, -0.1) is 0 Å². The van der Waals surface area contributed by atoms with Gasteiger partial charge in [0.15, 0.2) is 0 Å². The Kier molecular flexibility index (Phi) is 3.21. The van der Waals surface area contributed by atoms with Crippen LogP contribution in [0.1, 0.15) is 10.4 Å². The monoisotopic (exact) mass is 229 g/mol. The van der Waals surface area contributed by atoms with E-state index in [0.717, 1.165) is 6.07 Å². The first-order valence-electron chi connectivity index (χ1n) is 3.95. The molecule has 0 aromatic carbocycles. The Morgan fingerprint density at radius 3 is 2.67 bits per heavy atom. The number of nitro groups is 1. The molecule has 1 aromatic rings. The molecule has 15 heavy (non-hydrogen) atoms. The van der Waals surface area contributed by atoms with Crippen molar-refractivity contribution in [2.75, 3.05) is 14.1 Å². The van der Waals surface area contributed by atoms with E-state index in [-0.39, 0.29) is 22.3 Å². The molecule has 0 spiro atoms. The molecule has 1 aromatic heterocycles. The Balaban J connectivity index is 3.19. The maximum absolute atomic E-state index is 11.5. The largest absolute Gasteiger partial charge is 0.345 e. The Labute approximate surface area is 90.6 Å². The van der Waals surface area contributed by atoms with E-state index in [0.29, 0.717) is 0 Å². The molecule has 0 aliphatic rings. The highest BCUT2D eigenvalue weighted by molar-refractivity contribution is 6.31. The predicted octanol–water partition coefficient (Wildman–Crippen LogP) is 1.34. The molecule has 0 bridgehead atoms. The van der Waals surface area contributed by atoms with E-state index in [4.69, 9.17) is 11.6 Å². The number of halogens is 1. The molecule has 0 fully saturated rings. The summed E-state index contributed by atoms with van der Waals surface area (Å²) >= 11 is 5.50. The minimum Gasteiger partial charge on any atom is -0.345 e. The van der Waals surface area contributed by atoms with Crippen LogP contribution < -0.4 is 0 Å². The summed E-state index contributed by atoms with van der Waals surface area (Å²) in [6, 6.07) is 1.11. The Bertz CT molecular complexity index is 420. The van der Waals surface area contributed by atoms with Crippen LogP contribution in [0.5, 0.6) is 0 Å². The zero-order chi connectivity index (χ0) is 11.6. The van der Waals surface area contributed by atoms with Crippen molar-refractivity contribution in [2.45, 2.75) is 0 Å². The van der Waals surface area contributed by atoms with Crippen molar-refractivity contribution in [3.05, 3.63) is 33.1 Å². The third kappa shape index (κ3) is 2.41. The number of hydrogen-bond acceptors (Lipinski definition) is 4. The van der Waals surface area contributed by atoms with Gasteiger partial charge in [-0.1, -0.05) is 11.6 Å². The first-order valence-corrected chi connectivity index (χ1v) is 4.33. The van der Waals surface area contributed by atoms with Crippen molar-refractivity contribution in [3.8, 4) is 0 Å². The molecular formula is C8H8ClN3O3. The molecule has 6 nitrogen and oxygen atoms in total. The minimum atomic E-state index is -0.679. The Hall–Kier alpha value is -1.69. The molecule has 0 unspecified atom stereocenters. The number of carbonyl (C=O) groups excluding carboxylic acids is 1. The Morgan fingerprint density at radius 1 is 1.60 bits per heavy atom. The van der Waals surface area contributed by atoms with Crippen molar-refractivity contribution in [1.29, 1.82) is 0 Å². The van der Waals surface area contributed by atoms with Crippen LogP contribution in [0.15, 0.2) is 12.3 Å². The molecule has 1 amide bonds. The quantitative estimate of drug-likeness (QED) is 0.436. The molecule has 0 aliphatic carbocycles. The summed E-state index contributed by atoms with van der Waals surface area (Å²) in [5.41, 5.74) is -0.236. The van der Waals surface area contributed by atoms with Gasteiger partial charge in [0.05, 0.1) is 10.5 Å². The summed E-state index contributed by atoms with van der Waals surface area (Å²) in [7, 11) is 3.09. The molecule has 0 saturated carbocycles. The molecular weight excluding hydrogens is 222 g/mol. The van der Waals surface area contributed by atoms with Gasteiger partial charge in [-0.2, -0.15) is 0 Å². The summed E-state index contributed by atoms with van der Waals surface area (Å²) in [6.45, 7) is 0. The first-order chi connectivity index (χ1) is 6.93. The summed E-state index contributed by atoms with van der Waals surface area (Å²) in [5.74, 6) is -0.359. The minimum absolute atomic E-state index is 0.135. The molecule has 80 valence electrons. The molecule has 0 aliphatic heterocycles. The Morgan fingerprint density at radius 2 is 2.20 bits per heavy atom. The number of amides is 1. The van der Waals surface area contributed by atoms with Crippen molar-refractivity contribution >= 4 is 23.2 Å². The lowest BCUT2D eigenvalue weighted by molar-refractivity contribution is -0.385. The average Bonchev–Trinajstić information content (AvgIpc) is 2.16. The highest BCUT2D eigenvalue weighted by Crippen LogP contribution is 2.22. The second kappa shape index (κ2) is 4.22. The second-order valence-electron chi connectivity index (χ2n) is 2.99. The zero-order valence-electron chi connectivity index (χ0n) is 8.10. The van der Waals surface area contributed by atoms with Crippen LogP contribution in [0.2, 0.25) is 5.15 Å². The smallest absolute Gasteiger partial charge is 0.307 e. The van der Waals surface area contributed by atoms with Gasteiger partial charge in [-0.05, 0) is 0 Å². The van der Waals surface area contributed by atoms with Crippen LogP contribution in [0.4, 0.5) is 5.69 Å². The van der Waals surface area contributed by atoms with Crippen molar-refractivity contribution < 1.29 is 9.72 Å². The van der Waals surface area contributed by atoms with Gasteiger partial charge < -0.3 is 4.90 Å². The summed E-state index contributed by atoms with van der Waals surface area (Å²) in [6.07, 6.45) is 1.21. The van der Waals surface area contributed by atoms with Crippen molar-refractivity contribution in [1.82, 2.24) is 9.88 Å². The number of pyridine rings is 1. The van der Waals surface area contributed by atoms with Gasteiger partial charge in [-0.3, -0.25) is 14.9 Å². The van der Waals surface area contributed by atoms with E-state index in [1.165, 1.54) is 11.1 Å². The van der Waals surface area contributed by atoms with E-state index in [2.05, 4.69) is 4.98 Å². The van der Waals surface area contributed by atoms with Crippen LogP contribution in [-0.2, 0) is 0 Å². The third-order valence-electron chi connectivity index (χ3n) is 1.67. The topological polar surface area (TPSA) is 76.3 Å². The molecule has 1 rings (SSSR count). The first kappa shape index (κ1) is 11.4. The lowest BCUT2D eigenvalue weighted by atomic mass is 10.2. The number of aromatic nitrogens is 1. The lowest BCUT2D eigenvalue weighted by Crippen LogP contribution is -2.21. The molecule has 7 heteroatoms. The maximum atomic E-state index is 11.5. The van der Waals surface area contributed by atoms with Crippen LogP contribution in [0.3, 0.4) is 0 Å². The zero-order valence-corrected chi connectivity index (χ0v) is 8.85. The van der Waals surface area contributed by atoms with Gasteiger partial charge in [0.1, 0.15) is 0 Å².